The largest absolute Gasteiger partial charge is 0.497 e. The summed E-state index contributed by atoms with van der Waals surface area (Å²) in [6.07, 6.45) is 1.78. The first kappa shape index (κ1) is 19.5. The van der Waals surface area contributed by atoms with Gasteiger partial charge in [0.25, 0.3) is 5.56 Å². The van der Waals surface area contributed by atoms with Gasteiger partial charge >= 0.3 is 0 Å². The van der Waals surface area contributed by atoms with Gasteiger partial charge in [-0.25, -0.2) is 0 Å². The molecule has 0 saturated heterocycles. The number of methoxy groups -OCH3 is 1. The molecule has 0 aliphatic rings. The first-order chi connectivity index (χ1) is 13.5. The Balaban J connectivity index is 1.70. The summed E-state index contributed by atoms with van der Waals surface area (Å²) < 4.78 is 12.5. The van der Waals surface area contributed by atoms with E-state index >= 15 is 0 Å². The number of nitrogens with zero attached hydrogens (tertiary/aromatic N) is 1. The first-order valence-corrected chi connectivity index (χ1v) is 9.00. The van der Waals surface area contributed by atoms with E-state index in [1.165, 1.54) is 10.6 Å². The second kappa shape index (κ2) is 9.10. The maximum Gasteiger partial charge on any atom is 0.250 e. The Morgan fingerprint density at radius 3 is 2.54 bits per heavy atom. The number of carbonyl (C=O) groups excluding carboxylic acids is 1. The fourth-order valence-corrected chi connectivity index (χ4v) is 2.71. The molecule has 2 aromatic carbocycles. The van der Waals surface area contributed by atoms with Crippen LogP contribution in [0.25, 0.3) is 0 Å². The molecule has 1 amide bonds. The molecule has 6 nitrogen and oxygen atoms in total. The normalized spacial score (nSPS) is 10.4. The summed E-state index contributed by atoms with van der Waals surface area (Å²) in [5.74, 6) is 1.51. The average molecular weight is 399 g/mol. The summed E-state index contributed by atoms with van der Waals surface area (Å²) in [6, 6.07) is 16.9. The van der Waals surface area contributed by atoms with Gasteiger partial charge in [0.2, 0.25) is 5.91 Å². The van der Waals surface area contributed by atoms with E-state index in [0.717, 1.165) is 0 Å². The number of anilines is 1. The Bertz CT molecular complexity index is 1020. The molecule has 28 heavy (non-hydrogen) atoms. The molecule has 0 spiro atoms. The van der Waals surface area contributed by atoms with Gasteiger partial charge in [-0.1, -0.05) is 17.7 Å². The molecular formula is C21H19ClN2O4. The maximum atomic E-state index is 12.4. The highest BCUT2D eigenvalue weighted by molar-refractivity contribution is 6.31. The van der Waals surface area contributed by atoms with Crippen molar-refractivity contribution in [2.24, 2.45) is 0 Å². The van der Waals surface area contributed by atoms with Crippen LogP contribution < -0.4 is 20.3 Å². The second-order valence-electron chi connectivity index (χ2n) is 5.95. The van der Waals surface area contributed by atoms with Crippen molar-refractivity contribution in [1.29, 1.82) is 0 Å². The minimum absolute atomic E-state index is 0.137. The van der Waals surface area contributed by atoms with Gasteiger partial charge in [-0.05, 0) is 48.5 Å². The zero-order valence-corrected chi connectivity index (χ0v) is 16.0. The summed E-state index contributed by atoms with van der Waals surface area (Å²) in [6.45, 7) is 0.279. The second-order valence-corrected chi connectivity index (χ2v) is 6.38. The third kappa shape index (κ3) is 5.14. The monoisotopic (exact) mass is 398 g/mol. The Kier molecular flexibility index (Phi) is 6.34. The summed E-state index contributed by atoms with van der Waals surface area (Å²) in [5, 5.41) is 3.26. The van der Waals surface area contributed by atoms with Gasteiger partial charge < -0.3 is 19.4 Å². The lowest BCUT2D eigenvalue weighted by molar-refractivity contribution is -0.116. The standard InChI is InChI=1S/C21H19ClN2O4/c1-27-16-6-8-17(9-7-16)28-19-10-5-15(22)14-18(19)23-20(25)11-13-24-12-3-2-4-21(24)26/h2-10,12,14H,11,13H2,1H3,(H,23,25). The van der Waals surface area contributed by atoms with E-state index in [-0.39, 0.29) is 24.4 Å². The van der Waals surface area contributed by atoms with E-state index in [4.69, 9.17) is 21.1 Å². The minimum Gasteiger partial charge on any atom is -0.497 e. The van der Waals surface area contributed by atoms with E-state index < -0.39 is 0 Å². The van der Waals surface area contributed by atoms with E-state index in [1.54, 1.807) is 67.9 Å². The van der Waals surface area contributed by atoms with E-state index in [9.17, 15) is 9.59 Å². The molecular weight excluding hydrogens is 380 g/mol. The number of aromatic nitrogens is 1. The first-order valence-electron chi connectivity index (χ1n) is 8.62. The summed E-state index contributed by atoms with van der Waals surface area (Å²) >= 11 is 6.07. The number of amides is 1. The molecule has 0 aliphatic carbocycles. The molecule has 0 unspecified atom stereocenters. The van der Waals surface area contributed by atoms with Crippen LogP contribution in [0.3, 0.4) is 0 Å². The van der Waals surface area contributed by atoms with E-state index in [0.29, 0.717) is 28.0 Å². The number of hydrogen-bond acceptors (Lipinski definition) is 4. The third-order valence-electron chi connectivity index (χ3n) is 3.98. The molecule has 3 rings (SSSR count). The molecule has 7 heteroatoms. The molecule has 0 atom stereocenters. The van der Waals surface area contributed by atoms with Crippen molar-refractivity contribution in [2.45, 2.75) is 13.0 Å². The number of nitrogens with one attached hydrogen (secondary N) is 1. The Morgan fingerprint density at radius 2 is 1.82 bits per heavy atom. The molecule has 0 bridgehead atoms. The minimum atomic E-state index is -0.252. The van der Waals surface area contributed by atoms with Crippen molar-refractivity contribution in [2.75, 3.05) is 12.4 Å². The van der Waals surface area contributed by atoms with Crippen molar-refractivity contribution < 1.29 is 14.3 Å². The Morgan fingerprint density at radius 1 is 1.07 bits per heavy atom. The van der Waals surface area contributed by atoms with Crippen molar-refractivity contribution in [1.82, 2.24) is 4.57 Å². The fourth-order valence-electron chi connectivity index (χ4n) is 2.54. The van der Waals surface area contributed by atoms with Gasteiger partial charge in [-0.2, -0.15) is 0 Å². The van der Waals surface area contributed by atoms with Gasteiger partial charge in [0.15, 0.2) is 5.75 Å². The lowest BCUT2D eigenvalue weighted by Gasteiger charge is -2.13. The van der Waals surface area contributed by atoms with Crippen LogP contribution in [0, 0.1) is 0 Å². The topological polar surface area (TPSA) is 69.6 Å². The molecule has 0 aliphatic heterocycles. The van der Waals surface area contributed by atoms with E-state index in [2.05, 4.69) is 5.32 Å². The molecule has 1 aromatic heterocycles. The van der Waals surface area contributed by atoms with Crippen molar-refractivity contribution >= 4 is 23.2 Å². The molecule has 1 N–H and O–H groups in total. The lowest BCUT2D eigenvalue weighted by atomic mass is 10.2. The number of aryl methyl sites for hydroxylation is 1. The predicted molar refractivity (Wildman–Crippen MR) is 108 cm³/mol. The fraction of sp³-hybridized carbons (Fsp3) is 0.143. The average Bonchev–Trinajstić information content (AvgIpc) is 2.70. The van der Waals surface area contributed by atoms with Crippen LogP contribution in [0.4, 0.5) is 5.69 Å². The smallest absolute Gasteiger partial charge is 0.250 e. The highest BCUT2D eigenvalue weighted by Crippen LogP contribution is 2.32. The zero-order chi connectivity index (χ0) is 19.9. The summed E-state index contributed by atoms with van der Waals surface area (Å²) in [5.41, 5.74) is 0.301. The van der Waals surface area contributed by atoms with Gasteiger partial charge in [0, 0.05) is 30.3 Å². The van der Waals surface area contributed by atoms with Gasteiger partial charge in [0.1, 0.15) is 11.5 Å². The van der Waals surface area contributed by atoms with E-state index in [1.807, 2.05) is 0 Å². The lowest BCUT2D eigenvalue weighted by Crippen LogP contribution is -2.21. The number of pyridine rings is 1. The summed E-state index contributed by atoms with van der Waals surface area (Å²) in [7, 11) is 1.59. The highest BCUT2D eigenvalue weighted by Gasteiger charge is 2.11. The molecule has 0 saturated carbocycles. The van der Waals surface area contributed by atoms with Crippen molar-refractivity contribution in [3.63, 3.8) is 0 Å². The molecule has 3 aromatic rings. The van der Waals surface area contributed by atoms with Gasteiger partial charge in [-0.15, -0.1) is 0 Å². The maximum absolute atomic E-state index is 12.4. The number of hydrogen-bond donors (Lipinski definition) is 1. The van der Waals surface area contributed by atoms with Crippen LogP contribution >= 0.6 is 11.6 Å². The summed E-state index contributed by atoms with van der Waals surface area (Å²) in [4.78, 5) is 24.1. The van der Waals surface area contributed by atoms with Crippen LogP contribution in [0.5, 0.6) is 17.2 Å². The van der Waals surface area contributed by atoms with Crippen LogP contribution in [-0.4, -0.2) is 17.6 Å². The predicted octanol–water partition coefficient (Wildman–Crippen LogP) is 4.33. The number of rotatable bonds is 7. The van der Waals surface area contributed by atoms with Crippen molar-refractivity contribution in [3.05, 3.63) is 82.2 Å². The van der Waals surface area contributed by atoms with Crippen LogP contribution in [0.15, 0.2) is 71.7 Å². The SMILES string of the molecule is COc1ccc(Oc2ccc(Cl)cc2NC(=O)CCn2ccccc2=O)cc1. The number of carbonyl (C=O) groups is 1. The Hall–Kier alpha value is -3.25. The molecule has 1 heterocycles. The Labute approximate surface area is 167 Å². The zero-order valence-electron chi connectivity index (χ0n) is 15.2. The third-order valence-corrected chi connectivity index (χ3v) is 4.22. The number of halogens is 1. The van der Waals surface area contributed by atoms with Crippen LogP contribution in [0.1, 0.15) is 6.42 Å². The molecule has 144 valence electrons. The van der Waals surface area contributed by atoms with Crippen molar-refractivity contribution in [3.8, 4) is 17.2 Å². The van der Waals surface area contributed by atoms with Gasteiger partial charge in [0.05, 0.1) is 12.8 Å². The van der Waals surface area contributed by atoms with Gasteiger partial charge in [-0.3, -0.25) is 9.59 Å². The number of benzene rings is 2. The quantitative estimate of drug-likeness (QED) is 0.643. The van der Waals surface area contributed by atoms with Crippen LogP contribution in [-0.2, 0) is 11.3 Å². The molecule has 0 radical (unpaired) electrons. The van der Waals surface area contributed by atoms with Crippen LogP contribution in [0.2, 0.25) is 5.02 Å². The number of ether oxygens (including phenoxy) is 2. The highest BCUT2D eigenvalue weighted by atomic mass is 35.5. The molecule has 0 fully saturated rings.